The predicted octanol–water partition coefficient (Wildman–Crippen LogP) is 1.10. The lowest BCUT2D eigenvalue weighted by Gasteiger charge is -2.11. The number of hydrazine groups is 1. The summed E-state index contributed by atoms with van der Waals surface area (Å²) in [5.74, 6) is 6.47. The minimum absolute atomic E-state index is 0.0625. The second kappa shape index (κ2) is 10.3. The molecule has 1 saturated carbocycles. The second-order valence-electron chi connectivity index (χ2n) is 6.18. The zero-order valence-corrected chi connectivity index (χ0v) is 16.9. The summed E-state index contributed by atoms with van der Waals surface area (Å²) in [6, 6.07) is 2.14. The lowest BCUT2D eigenvalue weighted by atomic mass is 10.2. The number of carbonyl (C=O) groups excluding carboxylic acids is 1. The lowest BCUT2D eigenvalue weighted by molar-refractivity contribution is -0.105. The molecule has 0 saturated heterocycles. The fourth-order valence-electron chi connectivity index (χ4n) is 2.84. The number of pyridine rings is 1. The number of rotatable bonds is 6. The Hall–Kier alpha value is -3.24. The van der Waals surface area contributed by atoms with E-state index in [1.807, 2.05) is 29.0 Å². The minimum atomic E-state index is 0.0625. The Morgan fingerprint density at radius 1 is 1.28 bits per heavy atom. The number of aliphatic hydroxyl groups excluding tert-OH is 1. The standard InChI is InChI=1S/C16H18N8O.C2H6.CH4O/c17-13(8-25)5-24(18)7-14-6-22-4-12(11-1-2-11)3-15(16(22)21-14)23-9-19-20-10-23;2*1-2/h3-6,8-11H,1-2,7,17-18H2;1-2H3;2H,1H3/b13-5-;;. The van der Waals surface area contributed by atoms with Crippen LogP contribution in [-0.4, -0.2) is 47.7 Å². The molecule has 0 atom stereocenters. The average Bonchev–Trinajstić information content (AvgIpc) is 3.29. The van der Waals surface area contributed by atoms with E-state index in [9.17, 15) is 4.79 Å². The maximum Gasteiger partial charge on any atom is 0.167 e. The van der Waals surface area contributed by atoms with E-state index in [-0.39, 0.29) is 5.70 Å². The largest absolute Gasteiger partial charge is 0.400 e. The molecule has 29 heavy (non-hydrogen) atoms. The number of carbonyl (C=O) groups is 1. The molecule has 0 aliphatic heterocycles. The molecule has 3 aromatic heterocycles. The number of imidazole rings is 1. The van der Waals surface area contributed by atoms with Crippen molar-refractivity contribution in [3.05, 3.63) is 54.3 Å². The summed E-state index contributed by atoms with van der Waals surface area (Å²) in [4.78, 5) is 15.3. The molecule has 0 unspecified atom stereocenters. The predicted molar refractivity (Wildman–Crippen MR) is 110 cm³/mol. The monoisotopic (exact) mass is 400 g/mol. The average molecular weight is 400 g/mol. The second-order valence-corrected chi connectivity index (χ2v) is 6.18. The Morgan fingerprint density at radius 3 is 2.52 bits per heavy atom. The van der Waals surface area contributed by atoms with Crippen molar-refractivity contribution in [3.8, 4) is 5.69 Å². The van der Waals surface area contributed by atoms with Gasteiger partial charge in [0.25, 0.3) is 0 Å². The van der Waals surface area contributed by atoms with Crippen molar-refractivity contribution in [1.82, 2.24) is 29.2 Å². The van der Waals surface area contributed by atoms with Gasteiger partial charge in [-0.3, -0.25) is 9.36 Å². The number of allylic oxidation sites excluding steroid dienone is 1. The molecular weight excluding hydrogens is 372 g/mol. The Kier molecular flexibility index (Phi) is 7.87. The molecule has 1 aliphatic carbocycles. The first-order valence-corrected chi connectivity index (χ1v) is 9.39. The third-order valence-corrected chi connectivity index (χ3v) is 4.14. The molecule has 1 fully saturated rings. The van der Waals surface area contributed by atoms with Crippen LogP contribution < -0.4 is 11.6 Å². The quantitative estimate of drug-likeness (QED) is 0.242. The van der Waals surface area contributed by atoms with Gasteiger partial charge in [-0.2, -0.15) is 0 Å². The van der Waals surface area contributed by atoms with E-state index in [1.165, 1.54) is 29.6 Å². The first-order chi connectivity index (χ1) is 14.1. The van der Waals surface area contributed by atoms with Crippen LogP contribution >= 0.6 is 0 Å². The number of hydrogen-bond donors (Lipinski definition) is 3. The van der Waals surface area contributed by atoms with Gasteiger partial charge >= 0.3 is 0 Å². The van der Waals surface area contributed by atoms with Gasteiger partial charge in [0.15, 0.2) is 11.9 Å². The first kappa shape index (κ1) is 22.1. The highest BCUT2D eigenvalue weighted by Crippen LogP contribution is 2.41. The smallest absolute Gasteiger partial charge is 0.167 e. The van der Waals surface area contributed by atoms with Crippen molar-refractivity contribution >= 4 is 11.9 Å². The summed E-state index contributed by atoms with van der Waals surface area (Å²) in [6.45, 7) is 4.33. The lowest BCUT2D eigenvalue weighted by Crippen LogP contribution is -2.26. The van der Waals surface area contributed by atoms with Crippen molar-refractivity contribution < 1.29 is 9.90 Å². The van der Waals surface area contributed by atoms with E-state index in [1.54, 1.807) is 12.7 Å². The normalized spacial score (nSPS) is 13.2. The Bertz CT molecular complexity index is 945. The van der Waals surface area contributed by atoms with E-state index in [4.69, 9.17) is 16.7 Å². The van der Waals surface area contributed by atoms with Crippen LogP contribution in [-0.2, 0) is 11.3 Å². The van der Waals surface area contributed by atoms with Gasteiger partial charge in [-0.05, 0) is 30.4 Å². The molecule has 0 bridgehead atoms. The summed E-state index contributed by atoms with van der Waals surface area (Å²) in [7, 11) is 1.00. The summed E-state index contributed by atoms with van der Waals surface area (Å²) >= 11 is 0. The van der Waals surface area contributed by atoms with Gasteiger partial charge in [0.05, 0.1) is 23.6 Å². The van der Waals surface area contributed by atoms with Gasteiger partial charge in [-0.15, -0.1) is 10.2 Å². The summed E-state index contributed by atoms with van der Waals surface area (Å²) in [6.07, 6.45) is 11.7. The number of nitrogens with two attached hydrogens (primary N) is 2. The highest BCUT2D eigenvalue weighted by molar-refractivity contribution is 5.71. The van der Waals surface area contributed by atoms with Crippen molar-refractivity contribution in [1.29, 1.82) is 0 Å². The van der Waals surface area contributed by atoms with Crippen LogP contribution in [0.15, 0.2) is 43.0 Å². The Balaban J connectivity index is 0.000000707. The molecular formula is C19H28N8O2. The van der Waals surface area contributed by atoms with Crippen LogP contribution in [0.1, 0.15) is 43.9 Å². The van der Waals surface area contributed by atoms with Gasteiger partial charge in [0.2, 0.25) is 0 Å². The highest BCUT2D eigenvalue weighted by Gasteiger charge is 2.25. The number of aliphatic hydroxyl groups is 1. The molecule has 156 valence electrons. The number of fused-ring (bicyclic) bond motifs is 1. The zero-order valence-electron chi connectivity index (χ0n) is 16.9. The van der Waals surface area contributed by atoms with Gasteiger partial charge in [-0.25, -0.2) is 10.8 Å². The van der Waals surface area contributed by atoms with Gasteiger partial charge in [-0.1, -0.05) is 13.8 Å². The topological polar surface area (TPSA) is 141 Å². The molecule has 5 N–H and O–H groups in total. The van der Waals surface area contributed by atoms with E-state index in [0.717, 1.165) is 24.1 Å². The van der Waals surface area contributed by atoms with Crippen LogP contribution in [0.4, 0.5) is 0 Å². The van der Waals surface area contributed by atoms with Crippen LogP contribution in [0.25, 0.3) is 11.3 Å². The van der Waals surface area contributed by atoms with Crippen molar-refractivity contribution in [2.75, 3.05) is 7.11 Å². The van der Waals surface area contributed by atoms with Crippen LogP contribution in [0.3, 0.4) is 0 Å². The molecule has 0 spiro atoms. The van der Waals surface area contributed by atoms with Gasteiger partial charge in [0.1, 0.15) is 12.7 Å². The van der Waals surface area contributed by atoms with E-state index in [2.05, 4.69) is 27.4 Å². The summed E-state index contributed by atoms with van der Waals surface area (Å²) in [5, 5.41) is 16.1. The van der Waals surface area contributed by atoms with Crippen molar-refractivity contribution in [2.24, 2.45) is 11.6 Å². The van der Waals surface area contributed by atoms with Crippen LogP contribution in [0.5, 0.6) is 0 Å². The molecule has 3 heterocycles. The molecule has 1 aliphatic rings. The van der Waals surface area contributed by atoms with Crippen LogP contribution in [0.2, 0.25) is 0 Å². The number of aromatic nitrogens is 5. The maximum atomic E-state index is 10.6. The zero-order chi connectivity index (χ0) is 21.4. The SMILES string of the molecule is CC.CO.N/C(C=O)=C\N(N)Cc1cn2cc(C3CC3)cc(-n3cnnc3)c2n1. The van der Waals surface area contributed by atoms with E-state index >= 15 is 0 Å². The maximum absolute atomic E-state index is 10.6. The molecule has 3 aromatic rings. The highest BCUT2D eigenvalue weighted by atomic mass is 16.2. The van der Waals surface area contributed by atoms with E-state index in [0.29, 0.717) is 18.7 Å². The van der Waals surface area contributed by atoms with Crippen molar-refractivity contribution in [3.63, 3.8) is 0 Å². The Labute approximate surface area is 169 Å². The summed E-state index contributed by atoms with van der Waals surface area (Å²) in [5.41, 5.74) is 9.29. The third kappa shape index (κ3) is 5.39. The number of aldehydes is 1. The molecule has 10 nitrogen and oxygen atoms in total. The molecule has 0 amide bonds. The number of hydrogen-bond acceptors (Lipinski definition) is 8. The Morgan fingerprint density at radius 2 is 1.93 bits per heavy atom. The van der Waals surface area contributed by atoms with E-state index < -0.39 is 0 Å². The van der Waals surface area contributed by atoms with Crippen LogP contribution in [0, 0.1) is 0 Å². The van der Waals surface area contributed by atoms with Crippen molar-refractivity contribution in [2.45, 2.75) is 39.2 Å². The molecule has 10 heteroatoms. The fraction of sp³-hybridized carbons (Fsp3) is 0.368. The van der Waals surface area contributed by atoms with Gasteiger partial charge < -0.3 is 20.2 Å². The molecule has 0 aromatic carbocycles. The first-order valence-electron chi connectivity index (χ1n) is 9.39. The molecule has 4 rings (SSSR count). The van der Waals surface area contributed by atoms with Gasteiger partial charge in [0, 0.05) is 25.7 Å². The fourth-order valence-corrected chi connectivity index (χ4v) is 2.84. The minimum Gasteiger partial charge on any atom is -0.400 e. The molecule has 0 radical (unpaired) electrons. The third-order valence-electron chi connectivity index (χ3n) is 4.14. The number of nitrogens with zero attached hydrogens (tertiary/aromatic N) is 6. The summed E-state index contributed by atoms with van der Waals surface area (Å²) < 4.78 is 3.85.